The summed E-state index contributed by atoms with van der Waals surface area (Å²) in [6, 6.07) is 11.3. The van der Waals surface area contributed by atoms with E-state index in [9.17, 15) is 15.0 Å². The van der Waals surface area contributed by atoms with Crippen molar-refractivity contribution in [3.05, 3.63) is 59.2 Å². The SMILES string of the molecule is NCc1ccccc1CNC(=O)c1cc(O)ccc1O. The Kier molecular flexibility index (Phi) is 4.22. The maximum absolute atomic E-state index is 12.0. The standard InChI is InChI=1S/C15H16N2O3/c16-8-10-3-1-2-4-11(10)9-17-15(20)13-7-12(18)5-6-14(13)19/h1-7,18-19H,8-9,16H2,(H,17,20). The van der Waals surface area contributed by atoms with Gasteiger partial charge in [-0.3, -0.25) is 4.79 Å². The molecule has 0 unspecified atom stereocenters. The molecule has 0 spiro atoms. The number of nitrogens with one attached hydrogen (secondary N) is 1. The summed E-state index contributed by atoms with van der Waals surface area (Å²) in [5.74, 6) is -0.701. The molecule has 5 N–H and O–H groups in total. The molecule has 0 radical (unpaired) electrons. The first-order chi connectivity index (χ1) is 9.61. The first kappa shape index (κ1) is 13.9. The number of aromatic hydroxyl groups is 2. The van der Waals surface area contributed by atoms with Crippen LogP contribution in [0.15, 0.2) is 42.5 Å². The summed E-state index contributed by atoms with van der Waals surface area (Å²) in [6.07, 6.45) is 0. The van der Waals surface area contributed by atoms with Gasteiger partial charge in [0.15, 0.2) is 0 Å². The van der Waals surface area contributed by atoms with Crippen LogP contribution in [0, 0.1) is 0 Å². The third-order valence-corrected chi connectivity index (χ3v) is 3.00. The number of rotatable bonds is 4. The van der Waals surface area contributed by atoms with Crippen LogP contribution in [0.4, 0.5) is 0 Å². The molecule has 0 bridgehead atoms. The lowest BCUT2D eigenvalue weighted by Gasteiger charge is -2.10. The van der Waals surface area contributed by atoms with Crippen molar-refractivity contribution < 1.29 is 15.0 Å². The molecule has 0 saturated heterocycles. The van der Waals surface area contributed by atoms with Crippen molar-refractivity contribution in [2.24, 2.45) is 5.73 Å². The van der Waals surface area contributed by atoms with Crippen LogP contribution in [0.25, 0.3) is 0 Å². The number of carbonyl (C=O) groups excluding carboxylic acids is 1. The number of benzene rings is 2. The van der Waals surface area contributed by atoms with E-state index in [0.29, 0.717) is 13.1 Å². The maximum Gasteiger partial charge on any atom is 0.255 e. The Morgan fingerprint density at radius 3 is 2.50 bits per heavy atom. The molecule has 0 aliphatic rings. The van der Waals surface area contributed by atoms with E-state index in [1.54, 1.807) is 0 Å². The number of phenolic OH excluding ortho intramolecular Hbond substituents is 2. The molecule has 104 valence electrons. The molecule has 2 aromatic rings. The molecule has 0 saturated carbocycles. The lowest BCUT2D eigenvalue weighted by atomic mass is 10.1. The highest BCUT2D eigenvalue weighted by atomic mass is 16.3. The number of amides is 1. The van der Waals surface area contributed by atoms with Crippen molar-refractivity contribution in [2.75, 3.05) is 0 Å². The van der Waals surface area contributed by atoms with E-state index < -0.39 is 5.91 Å². The molecule has 0 atom stereocenters. The Bertz CT molecular complexity index is 626. The van der Waals surface area contributed by atoms with E-state index >= 15 is 0 Å². The second kappa shape index (κ2) is 6.08. The lowest BCUT2D eigenvalue weighted by Crippen LogP contribution is -2.23. The van der Waals surface area contributed by atoms with Gasteiger partial charge in [-0.1, -0.05) is 24.3 Å². The van der Waals surface area contributed by atoms with Gasteiger partial charge in [0.2, 0.25) is 0 Å². The molecule has 2 aromatic carbocycles. The Morgan fingerprint density at radius 1 is 1.10 bits per heavy atom. The summed E-state index contributed by atoms with van der Waals surface area (Å²) in [6.45, 7) is 0.699. The van der Waals surface area contributed by atoms with Gasteiger partial charge in [-0.05, 0) is 29.3 Å². The number of phenols is 2. The van der Waals surface area contributed by atoms with E-state index in [0.717, 1.165) is 11.1 Å². The molecule has 5 heteroatoms. The Hall–Kier alpha value is -2.53. The van der Waals surface area contributed by atoms with Gasteiger partial charge in [-0.25, -0.2) is 0 Å². The summed E-state index contributed by atoms with van der Waals surface area (Å²) in [5.41, 5.74) is 7.53. The van der Waals surface area contributed by atoms with Gasteiger partial charge in [-0.15, -0.1) is 0 Å². The quantitative estimate of drug-likeness (QED) is 0.634. The zero-order valence-electron chi connectivity index (χ0n) is 10.8. The van der Waals surface area contributed by atoms with Crippen LogP contribution in [0.3, 0.4) is 0 Å². The van der Waals surface area contributed by atoms with Crippen molar-refractivity contribution in [3.8, 4) is 11.5 Å². The fourth-order valence-corrected chi connectivity index (χ4v) is 1.91. The Morgan fingerprint density at radius 2 is 1.80 bits per heavy atom. The van der Waals surface area contributed by atoms with Crippen LogP contribution in [-0.2, 0) is 13.1 Å². The number of hydrogen-bond acceptors (Lipinski definition) is 4. The van der Waals surface area contributed by atoms with Gasteiger partial charge in [0.25, 0.3) is 5.91 Å². The minimum absolute atomic E-state index is 0.0372. The van der Waals surface area contributed by atoms with E-state index in [4.69, 9.17) is 5.73 Å². The fraction of sp³-hybridized carbons (Fsp3) is 0.133. The average Bonchev–Trinajstić information content (AvgIpc) is 2.47. The number of carbonyl (C=O) groups is 1. The number of nitrogens with two attached hydrogens (primary N) is 1. The first-order valence-corrected chi connectivity index (χ1v) is 6.19. The van der Waals surface area contributed by atoms with E-state index in [2.05, 4.69) is 5.32 Å². The predicted molar refractivity (Wildman–Crippen MR) is 75.3 cm³/mol. The normalized spacial score (nSPS) is 10.2. The third kappa shape index (κ3) is 3.07. The molecule has 20 heavy (non-hydrogen) atoms. The number of hydrogen-bond donors (Lipinski definition) is 4. The van der Waals surface area contributed by atoms with Crippen LogP contribution in [0.5, 0.6) is 11.5 Å². The molecule has 0 fully saturated rings. The highest BCUT2D eigenvalue weighted by Crippen LogP contribution is 2.22. The zero-order valence-corrected chi connectivity index (χ0v) is 10.8. The van der Waals surface area contributed by atoms with Crippen molar-refractivity contribution in [1.29, 1.82) is 0 Å². The molecule has 2 rings (SSSR count). The molecule has 0 aromatic heterocycles. The van der Waals surface area contributed by atoms with Crippen LogP contribution in [0.2, 0.25) is 0 Å². The summed E-state index contributed by atoms with van der Waals surface area (Å²) in [7, 11) is 0. The Balaban J connectivity index is 2.11. The first-order valence-electron chi connectivity index (χ1n) is 6.19. The molecule has 0 aliphatic heterocycles. The van der Waals surface area contributed by atoms with Gasteiger partial charge in [-0.2, -0.15) is 0 Å². The van der Waals surface area contributed by atoms with Crippen molar-refractivity contribution in [2.45, 2.75) is 13.1 Å². The van der Waals surface area contributed by atoms with Gasteiger partial charge in [0, 0.05) is 13.1 Å². The third-order valence-electron chi connectivity index (χ3n) is 3.00. The van der Waals surface area contributed by atoms with Crippen molar-refractivity contribution in [1.82, 2.24) is 5.32 Å². The largest absolute Gasteiger partial charge is 0.508 e. The second-order valence-corrected chi connectivity index (χ2v) is 4.36. The molecule has 0 heterocycles. The predicted octanol–water partition coefficient (Wildman–Crippen LogP) is 1.49. The van der Waals surface area contributed by atoms with Gasteiger partial charge in [0.05, 0.1) is 5.56 Å². The summed E-state index contributed by atoms with van der Waals surface area (Å²) >= 11 is 0. The average molecular weight is 272 g/mol. The Labute approximate surface area is 116 Å². The molecular formula is C15H16N2O3. The lowest BCUT2D eigenvalue weighted by molar-refractivity contribution is 0.0947. The summed E-state index contributed by atoms with van der Waals surface area (Å²) < 4.78 is 0. The second-order valence-electron chi connectivity index (χ2n) is 4.36. The van der Waals surface area contributed by atoms with Crippen LogP contribution in [-0.4, -0.2) is 16.1 Å². The van der Waals surface area contributed by atoms with E-state index in [-0.39, 0.29) is 17.1 Å². The van der Waals surface area contributed by atoms with E-state index in [1.807, 2.05) is 24.3 Å². The smallest absolute Gasteiger partial charge is 0.255 e. The van der Waals surface area contributed by atoms with Crippen LogP contribution >= 0.6 is 0 Å². The minimum Gasteiger partial charge on any atom is -0.508 e. The summed E-state index contributed by atoms with van der Waals surface area (Å²) in [5, 5.41) is 21.6. The van der Waals surface area contributed by atoms with Gasteiger partial charge in [0.1, 0.15) is 11.5 Å². The highest BCUT2D eigenvalue weighted by molar-refractivity contribution is 5.97. The fourth-order valence-electron chi connectivity index (χ4n) is 1.91. The molecule has 5 nitrogen and oxygen atoms in total. The van der Waals surface area contributed by atoms with Gasteiger partial charge >= 0.3 is 0 Å². The molecule has 1 amide bonds. The highest BCUT2D eigenvalue weighted by Gasteiger charge is 2.12. The van der Waals surface area contributed by atoms with Gasteiger partial charge < -0.3 is 21.3 Å². The minimum atomic E-state index is -0.453. The topological polar surface area (TPSA) is 95.6 Å². The molecule has 0 aliphatic carbocycles. The zero-order chi connectivity index (χ0) is 14.5. The summed E-state index contributed by atoms with van der Waals surface area (Å²) in [4.78, 5) is 12.0. The van der Waals surface area contributed by atoms with Crippen LogP contribution in [0.1, 0.15) is 21.5 Å². The van der Waals surface area contributed by atoms with Crippen molar-refractivity contribution in [3.63, 3.8) is 0 Å². The molecular weight excluding hydrogens is 256 g/mol. The monoisotopic (exact) mass is 272 g/mol. The van der Waals surface area contributed by atoms with E-state index in [1.165, 1.54) is 18.2 Å². The maximum atomic E-state index is 12.0. The van der Waals surface area contributed by atoms with Crippen molar-refractivity contribution >= 4 is 5.91 Å². The van der Waals surface area contributed by atoms with Crippen LogP contribution < -0.4 is 11.1 Å².